The summed E-state index contributed by atoms with van der Waals surface area (Å²) in [5, 5.41) is 3.74. The molecule has 28 heavy (non-hydrogen) atoms. The first-order valence-corrected chi connectivity index (χ1v) is 10.3. The molecule has 3 aromatic rings. The summed E-state index contributed by atoms with van der Waals surface area (Å²) in [6, 6.07) is 16.9. The van der Waals surface area contributed by atoms with Crippen LogP contribution in [0.15, 0.2) is 68.7 Å². The molecule has 0 atom stereocenters. The van der Waals surface area contributed by atoms with Crippen LogP contribution in [0.5, 0.6) is 5.75 Å². The maximum atomic E-state index is 12.0. The van der Waals surface area contributed by atoms with Gasteiger partial charge in [0.15, 0.2) is 6.61 Å². The number of benzene rings is 2. The largest absolute Gasteiger partial charge is 0.484 e. The van der Waals surface area contributed by atoms with Crippen molar-refractivity contribution in [2.45, 2.75) is 24.7 Å². The van der Waals surface area contributed by atoms with Crippen molar-refractivity contribution in [2.75, 3.05) is 18.9 Å². The van der Waals surface area contributed by atoms with E-state index in [-0.39, 0.29) is 18.1 Å². The molecule has 0 radical (unpaired) electrons. The third-order valence-electron chi connectivity index (χ3n) is 4.13. The number of thioether (sulfide) groups is 1. The topological polar surface area (TPSA) is 68.5 Å². The minimum Gasteiger partial charge on any atom is -0.484 e. The van der Waals surface area contributed by atoms with Gasteiger partial charge >= 0.3 is 5.63 Å². The van der Waals surface area contributed by atoms with Gasteiger partial charge in [-0.25, -0.2) is 4.79 Å². The number of carbonyl (C=O) groups is 1. The molecule has 1 aromatic heterocycles. The fourth-order valence-electron chi connectivity index (χ4n) is 2.85. The summed E-state index contributed by atoms with van der Waals surface area (Å²) in [7, 11) is 0. The lowest BCUT2D eigenvalue weighted by atomic mass is 10.1. The molecule has 0 aliphatic rings. The van der Waals surface area contributed by atoms with Crippen LogP contribution in [0.3, 0.4) is 0 Å². The molecule has 0 saturated heterocycles. The second-order valence-electron chi connectivity index (χ2n) is 6.30. The Hall–Kier alpha value is -2.73. The first-order chi connectivity index (χ1) is 13.7. The van der Waals surface area contributed by atoms with Gasteiger partial charge in [0.05, 0.1) is 0 Å². The maximum Gasteiger partial charge on any atom is 0.336 e. The highest BCUT2D eigenvalue weighted by atomic mass is 32.2. The van der Waals surface area contributed by atoms with Crippen LogP contribution >= 0.6 is 11.8 Å². The molecule has 0 saturated carbocycles. The van der Waals surface area contributed by atoms with Crippen LogP contribution in [0.2, 0.25) is 0 Å². The van der Waals surface area contributed by atoms with Crippen LogP contribution in [0, 0.1) is 0 Å². The fraction of sp³-hybridized carbons (Fsp3) is 0.273. The monoisotopic (exact) mass is 397 g/mol. The first-order valence-electron chi connectivity index (χ1n) is 9.30. The van der Waals surface area contributed by atoms with Gasteiger partial charge in [0.2, 0.25) is 0 Å². The lowest BCUT2D eigenvalue weighted by molar-refractivity contribution is -0.122. The summed E-state index contributed by atoms with van der Waals surface area (Å²) in [5.74, 6) is 1.10. The van der Waals surface area contributed by atoms with E-state index >= 15 is 0 Å². The summed E-state index contributed by atoms with van der Waals surface area (Å²) in [4.78, 5) is 24.9. The fourth-order valence-corrected chi connectivity index (χ4v) is 3.64. The maximum absolute atomic E-state index is 12.0. The Balaban J connectivity index is 1.50. The Kier molecular flexibility index (Phi) is 7.14. The number of ether oxygens (including phenoxy) is 1. The van der Waals surface area contributed by atoms with Gasteiger partial charge in [-0.05, 0) is 36.2 Å². The van der Waals surface area contributed by atoms with E-state index < -0.39 is 0 Å². The lowest BCUT2D eigenvalue weighted by Crippen LogP contribution is -2.30. The molecule has 3 rings (SSSR count). The Bertz CT molecular complexity index is 985. The van der Waals surface area contributed by atoms with Crippen LogP contribution < -0.4 is 15.7 Å². The molecule has 1 heterocycles. The van der Waals surface area contributed by atoms with Crippen LogP contribution in [-0.2, 0) is 11.2 Å². The van der Waals surface area contributed by atoms with E-state index in [9.17, 15) is 9.59 Å². The number of hydrogen-bond donors (Lipinski definition) is 1. The smallest absolute Gasteiger partial charge is 0.336 e. The van der Waals surface area contributed by atoms with Crippen LogP contribution in [-0.4, -0.2) is 24.8 Å². The van der Waals surface area contributed by atoms with E-state index in [1.165, 1.54) is 11.0 Å². The summed E-state index contributed by atoms with van der Waals surface area (Å²) >= 11 is 1.69. The third kappa shape index (κ3) is 5.63. The van der Waals surface area contributed by atoms with Crippen molar-refractivity contribution >= 4 is 28.6 Å². The number of carbonyl (C=O) groups excluding carboxylic acids is 1. The summed E-state index contributed by atoms with van der Waals surface area (Å²) in [6.07, 6.45) is 1.76. The van der Waals surface area contributed by atoms with Crippen molar-refractivity contribution in [3.63, 3.8) is 0 Å². The molecular formula is C22H23NO4S. The highest BCUT2D eigenvalue weighted by Crippen LogP contribution is 2.23. The van der Waals surface area contributed by atoms with Crippen LogP contribution in [0.1, 0.15) is 18.9 Å². The Morgan fingerprint density at radius 2 is 1.96 bits per heavy atom. The zero-order valence-electron chi connectivity index (χ0n) is 15.8. The van der Waals surface area contributed by atoms with Crippen molar-refractivity contribution in [1.29, 1.82) is 0 Å². The summed E-state index contributed by atoms with van der Waals surface area (Å²) in [6.45, 7) is 2.55. The Morgan fingerprint density at radius 3 is 2.75 bits per heavy atom. The highest BCUT2D eigenvalue weighted by molar-refractivity contribution is 7.99. The normalized spacial score (nSPS) is 10.8. The standard InChI is InChI=1S/C22H23NO4S/c1-2-6-16-13-22(25)27-20-14-17(9-10-19(16)20)26-15-21(24)23-11-12-28-18-7-4-3-5-8-18/h3-5,7-10,13-14H,2,6,11-12,15H2,1H3,(H,23,24). The number of fused-ring (bicyclic) bond motifs is 1. The molecule has 1 amide bonds. The van der Waals surface area contributed by atoms with Gasteiger partial charge in [0.25, 0.3) is 5.91 Å². The first kappa shape index (κ1) is 20.0. The minimum atomic E-state index is -0.373. The quantitative estimate of drug-likeness (QED) is 0.335. The van der Waals surface area contributed by atoms with Gasteiger partial charge in [-0.2, -0.15) is 0 Å². The van der Waals surface area contributed by atoms with E-state index in [1.807, 2.05) is 36.4 Å². The zero-order chi connectivity index (χ0) is 19.8. The molecular weight excluding hydrogens is 374 g/mol. The van der Waals surface area contributed by atoms with Gasteiger partial charge in [-0.3, -0.25) is 4.79 Å². The molecule has 1 N–H and O–H groups in total. The summed E-state index contributed by atoms with van der Waals surface area (Å²) < 4.78 is 10.8. The number of rotatable bonds is 9. The molecule has 0 fully saturated rings. The summed E-state index contributed by atoms with van der Waals surface area (Å²) in [5.41, 5.74) is 1.07. The Labute approximate surface area is 168 Å². The SMILES string of the molecule is CCCc1cc(=O)oc2cc(OCC(=O)NCCSc3ccccc3)ccc12. The Morgan fingerprint density at radius 1 is 1.14 bits per heavy atom. The number of hydrogen-bond acceptors (Lipinski definition) is 5. The number of amides is 1. The molecule has 6 heteroatoms. The van der Waals surface area contributed by atoms with E-state index in [0.29, 0.717) is 17.9 Å². The van der Waals surface area contributed by atoms with E-state index in [1.54, 1.807) is 23.9 Å². The van der Waals surface area contributed by atoms with Gasteiger partial charge < -0.3 is 14.5 Å². The van der Waals surface area contributed by atoms with Crippen molar-refractivity contribution < 1.29 is 13.9 Å². The lowest BCUT2D eigenvalue weighted by Gasteiger charge is -2.09. The van der Waals surface area contributed by atoms with Gasteiger partial charge in [-0.1, -0.05) is 31.5 Å². The second kappa shape index (κ2) is 9.99. The molecule has 146 valence electrons. The molecule has 0 bridgehead atoms. The molecule has 0 aliphatic carbocycles. The molecule has 5 nitrogen and oxygen atoms in total. The van der Waals surface area contributed by atoms with Crippen LogP contribution in [0.25, 0.3) is 11.0 Å². The predicted octanol–water partition coefficient (Wildman–Crippen LogP) is 4.03. The van der Waals surface area contributed by atoms with Crippen molar-refractivity contribution in [3.05, 3.63) is 70.6 Å². The number of nitrogens with one attached hydrogen (secondary N) is 1. The zero-order valence-corrected chi connectivity index (χ0v) is 16.6. The van der Waals surface area contributed by atoms with Crippen LogP contribution in [0.4, 0.5) is 0 Å². The molecule has 0 aliphatic heterocycles. The molecule has 2 aromatic carbocycles. The molecule has 0 spiro atoms. The van der Waals surface area contributed by atoms with Gasteiger partial charge in [-0.15, -0.1) is 11.8 Å². The second-order valence-corrected chi connectivity index (χ2v) is 7.47. The van der Waals surface area contributed by atoms with Crippen molar-refractivity contribution in [2.24, 2.45) is 0 Å². The average molecular weight is 397 g/mol. The van der Waals surface area contributed by atoms with Crippen molar-refractivity contribution in [3.8, 4) is 5.75 Å². The minimum absolute atomic E-state index is 0.0829. The van der Waals surface area contributed by atoms with Crippen molar-refractivity contribution in [1.82, 2.24) is 5.32 Å². The van der Waals surface area contributed by atoms with E-state index in [0.717, 1.165) is 29.5 Å². The molecule has 0 unspecified atom stereocenters. The predicted molar refractivity (Wildman–Crippen MR) is 112 cm³/mol. The van der Waals surface area contributed by atoms with E-state index in [4.69, 9.17) is 9.15 Å². The highest BCUT2D eigenvalue weighted by Gasteiger charge is 2.08. The van der Waals surface area contributed by atoms with Gasteiger partial charge in [0.1, 0.15) is 11.3 Å². The number of aryl methyl sites for hydroxylation is 1. The average Bonchev–Trinajstić information content (AvgIpc) is 2.70. The van der Waals surface area contributed by atoms with E-state index in [2.05, 4.69) is 12.2 Å². The van der Waals surface area contributed by atoms with Gasteiger partial charge in [0, 0.05) is 34.7 Å². The third-order valence-corrected chi connectivity index (χ3v) is 5.14.